The van der Waals surface area contributed by atoms with Gasteiger partial charge in [0.25, 0.3) is 0 Å². The molecule has 0 unspecified atom stereocenters. The van der Waals surface area contributed by atoms with Crippen LogP contribution in [0.1, 0.15) is 18.5 Å². The lowest BCUT2D eigenvalue weighted by atomic mass is 10.1. The van der Waals surface area contributed by atoms with Gasteiger partial charge in [0, 0.05) is 24.7 Å². The molecule has 1 aliphatic rings. The van der Waals surface area contributed by atoms with Crippen LogP contribution in [0.15, 0.2) is 12.3 Å². The van der Waals surface area contributed by atoms with E-state index in [4.69, 9.17) is 9.47 Å². The number of fused-ring (bicyclic) bond motifs is 1. The number of H-pyrrole nitrogens is 1. The lowest BCUT2D eigenvalue weighted by Gasteiger charge is -2.22. The van der Waals surface area contributed by atoms with E-state index in [9.17, 15) is 0 Å². The van der Waals surface area contributed by atoms with Gasteiger partial charge in [-0.1, -0.05) is 0 Å². The van der Waals surface area contributed by atoms with Gasteiger partial charge in [-0.2, -0.15) is 5.10 Å². The molecule has 5 heteroatoms. The molecule has 1 N–H and O–H groups in total. The minimum Gasteiger partial charge on any atom is -0.474 e. The Balaban J connectivity index is 1.91. The Morgan fingerprint density at radius 1 is 1.41 bits per heavy atom. The lowest BCUT2D eigenvalue weighted by Crippen LogP contribution is -2.26. The first-order valence-corrected chi connectivity index (χ1v) is 5.88. The van der Waals surface area contributed by atoms with Gasteiger partial charge in [-0.05, 0) is 13.0 Å². The topological polar surface area (TPSA) is 60.0 Å². The molecule has 17 heavy (non-hydrogen) atoms. The van der Waals surface area contributed by atoms with Crippen LogP contribution in [-0.4, -0.2) is 34.5 Å². The minimum absolute atomic E-state index is 0.205. The van der Waals surface area contributed by atoms with Crippen LogP contribution in [0.4, 0.5) is 0 Å². The summed E-state index contributed by atoms with van der Waals surface area (Å²) in [6.45, 7) is 3.52. The van der Waals surface area contributed by atoms with Crippen molar-refractivity contribution in [3.8, 4) is 5.88 Å². The van der Waals surface area contributed by atoms with Gasteiger partial charge < -0.3 is 9.47 Å². The second-order valence-electron chi connectivity index (χ2n) is 4.29. The fourth-order valence-electron chi connectivity index (χ4n) is 2.12. The van der Waals surface area contributed by atoms with Crippen LogP contribution in [0.25, 0.3) is 10.9 Å². The van der Waals surface area contributed by atoms with Crippen molar-refractivity contribution >= 4 is 10.9 Å². The van der Waals surface area contributed by atoms with Crippen molar-refractivity contribution in [2.75, 3.05) is 13.2 Å². The molecule has 0 saturated carbocycles. The molecule has 1 aliphatic heterocycles. The average molecular weight is 233 g/mol. The van der Waals surface area contributed by atoms with Crippen LogP contribution in [0.5, 0.6) is 5.88 Å². The smallest absolute Gasteiger partial charge is 0.225 e. The second-order valence-corrected chi connectivity index (χ2v) is 4.29. The molecule has 0 amide bonds. The SMILES string of the molecule is Cc1[nH]nc2ccnc(OC3CCOCC3)c12. The first kappa shape index (κ1) is 10.5. The number of aromatic amines is 1. The van der Waals surface area contributed by atoms with Gasteiger partial charge in [0.05, 0.1) is 24.1 Å². The van der Waals surface area contributed by atoms with Crippen molar-refractivity contribution in [3.63, 3.8) is 0 Å². The average Bonchev–Trinajstić information content (AvgIpc) is 2.74. The molecule has 1 saturated heterocycles. The van der Waals surface area contributed by atoms with Crippen LogP contribution >= 0.6 is 0 Å². The molecule has 2 aromatic heterocycles. The normalized spacial score (nSPS) is 17.5. The van der Waals surface area contributed by atoms with Crippen molar-refractivity contribution in [2.24, 2.45) is 0 Å². The molecule has 3 rings (SSSR count). The van der Waals surface area contributed by atoms with Crippen LogP contribution < -0.4 is 4.74 Å². The van der Waals surface area contributed by atoms with Crippen LogP contribution in [-0.2, 0) is 4.74 Å². The van der Waals surface area contributed by atoms with E-state index in [0.717, 1.165) is 42.7 Å². The second kappa shape index (κ2) is 4.33. The van der Waals surface area contributed by atoms with Crippen molar-refractivity contribution in [1.82, 2.24) is 15.2 Å². The third kappa shape index (κ3) is 1.98. The first-order valence-electron chi connectivity index (χ1n) is 5.88. The van der Waals surface area contributed by atoms with Crippen molar-refractivity contribution in [3.05, 3.63) is 18.0 Å². The van der Waals surface area contributed by atoms with Crippen molar-refractivity contribution in [2.45, 2.75) is 25.9 Å². The van der Waals surface area contributed by atoms with E-state index in [1.807, 2.05) is 13.0 Å². The Morgan fingerprint density at radius 2 is 2.24 bits per heavy atom. The molecule has 3 heterocycles. The predicted octanol–water partition coefficient (Wildman–Crippen LogP) is 1.82. The van der Waals surface area contributed by atoms with E-state index in [1.54, 1.807) is 6.20 Å². The summed E-state index contributed by atoms with van der Waals surface area (Å²) in [5.74, 6) is 0.681. The molecular weight excluding hydrogens is 218 g/mol. The molecule has 0 aliphatic carbocycles. The molecular formula is C12H15N3O2. The van der Waals surface area contributed by atoms with E-state index >= 15 is 0 Å². The van der Waals surface area contributed by atoms with E-state index in [0.29, 0.717) is 5.88 Å². The maximum absolute atomic E-state index is 5.96. The fourth-order valence-corrected chi connectivity index (χ4v) is 2.12. The summed E-state index contributed by atoms with van der Waals surface area (Å²) in [5.41, 5.74) is 1.90. The third-order valence-electron chi connectivity index (χ3n) is 3.06. The van der Waals surface area contributed by atoms with Crippen molar-refractivity contribution < 1.29 is 9.47 Å². The van der Waals surface area contributed by atoms with Crippen LogP contribution in [0.3, 0.4) is 0 Å². The number of aromatic nitrogens is 3. The van der Waals surface area contributed by atoms with Crippen LogP contribution in [0.2, 0.25) is 0 Å². The quantitative estimate of drug-likeness (QED) is 0.859. The van der Waals surface area contributed by atoms with Gasteiger partial charge >= 0.3 is 0 Å². The number of nitrogens with zero attached hydrogens (tertiary/aromatic N) is 2. The Labute approximate surface area is 99.1 Å². The summed E-state index contributed by atoms with van der Waals surface area (Å²) in [6, 6.07) is 1.88. The monoisotopic (exact) mass is 233 g/mol. The maximum Gasteiger partial charge on any atom is 0.225 e. The van der Waals surface area contributed by atoms with Crippen molar-refractivity contribution in [1.29, 1.82) is 0 Å². The van der Waals surface area contributed by atoms with Gasteiger partial charge in [0.2, 0.25) is 5.88 Å². The van der Waals surface area contributed by atoms with Gasteiger partial charge in [0.1, 0.15) is 6.10 Å². The number of aryl methyl sites for hydroxylation is 1. The Kier molecular flexibility index (Phi) is 2.68. The number of hydrogen-bond acceptors (Lipinski definition) is 4. The number of hydrogen-bond donors (Lipinski definition) is 1. The summed E-state index contributed by atoms with van der Waals surface area (Å²) in [7, 11) is 0. The third-order valence-corrected chi connectivity index (χ3v) is 3.06. The first-order chi connectivity index (χ1) is 8.34. The van der Waals surface area contributed by atoms with Gasteiger partial charge in [-0.25, -0.2) is 4.98 Å². The van der Waals surface area contributed by atoms with Gasteiger partial charge in [-0.3, -0.25) is 5.10 Å². The molecule has 1 fully saturated rings. The Bertz CT molecular complexity index is 517. The molecule has 5 nitrogen and oxygen atoms in total. The number of pyridine rings is 1. The van der Waals surface area contributed by atoms with E-state index in [1.165, 1.54) is 0 Å². The molecule has 0 aromatic carbocycles. The molecule has 0 bridgehead atoms. The van der Waals surface area contributed by atoms with E-state index in [2.05, 4.69) is 15.2 Å². The largest absolute Gasteiger partial charge is 0.474 e. The highest BCUT2D eigenvalue weighted by Gasteiger charge is 2.18. The van der Waals surface area contributed by atoms with Crippen LogP contribution in [0, 0.1) is 6.92 Å². The standard InChI is InChI=1S/C12H15N3O2/c1-8-11-10(15-14-8)2-5-13-12(11)17-9-3-6-16-7-4-9/h2,5,9H,3-4,6-7H2,1H3,(H,14,15). The number of rotatable bonds is 2. The van der Waals surface area contributed by atoms with Gasteiger partial charge in [0.15, 0.2) is 0 Å². The fraction of sp³-hybridized carbons (Fsp3) is 0.500. The highest BCUT2D eigenvalue weighted by atomic mass is 16.5. The summed E-state index contributed by atoms with van der Waals surface area (Å²) in [4.78, 5) is 4.31. The van der Waals surface area contributed by atoms with Gasteiger partial charge in [-0.15, -0.1) is 0 Å². The summed E-state index contributed by atoms with van der Waals surface area (Å²) in [5, 5.41) is 8.15. The molecule has 90 valence electrons. The number of ether oxygens (including phenoxy) is 2. The zero-order chi connectivity index (χ0) is 11.7. The molecule has 2 aromatic rings. The van der Waals surface area contributed by atoms with E-state index < -0.39 is 0 Å². The zero-order valence-electron chi connectivity index (χ0n) is 9.77. The summed E-state index contributed by atoms with van der Waals surface area (Å²) in [6.07, 6.45) is 3.79. The zero-order valence-corrected chi connectivity index (χ0v) is 9.77. The Hall–Kier alpha value is -1.62. The highest BCUT2D eigenvalue weighted by Crippen LogP contribution is 2.26. The lowest BCUT2D eigenvalue weighted by molar-refractivity contribution is 0.0244. The summed E-state index contributed by atoms with van der Waals surface area (Å²) >= 11 is 0. The molecule has 0 spiro atoms. The molecule has 0 atom stereocenters. The predicted molar refractivity (Wildman–Crippen MR) is 63.1 cm³/mol. The summed E-state index contributed by atoms with van der Waals surface area (Å²) < 4.78 is 11.3. The minimum atomic E-state index is 0.205. The highest BCUT2D eigenvalue weighted by molar-refractivity contribution is 5.85. The van der Waals surface area contributed by atoms with E-state index in [-0.39, 0.29) is 6.10 Å². The Morgan fingerprint density at radius 3 is 3.06 bits per heavy atom. The number of nitrogens with one attached hydrogen (secondary N) is 1. The molecule has 0 radical (unpaired) electrons. The maximum atomic E-state index is 5.96.